The fourth-order valence-corrected chi connectivity index (χ4v) is 2.30. The maximum absolute atomic E-state index is 12.5. The number of carbonyl (C=O) groups is 3. The lowest BCUT2D eigenvalue weighted by Crippen LogP contribution is -2.58. The lowest BCUT2D eigenvalue weighted by molar-refractivity contribution is -0.131. The van der Waals surface area contributed by atoms with Gasteiger partial charge in [-0.1, -0.05) is 18.2 Å². The van der Waals surface area contributed by atoms with E-state index in [1.54, 1.807) is 54.9 Å². The molecule has 0 spiro atoms. The van der Waals surface area contributed by atoms with E-state index in [1.807, 2.05) is 0 Å². The van der Waals surface area contributed by atoms with Gasteiger partial charge in [-0.25, -0.2) is 9.69 Å². The number of para-hydroxylation sites is 1. The molecule has 0 radical (unpaired) electrons. The van der Waals surface area contributed by atoms with Crippen LogP contribution >= 0.6 is 0 Å². The number of hydrogen-bond acceptors (Lipinski definition) is 5. The monoisotopic (exact) mass is 322 g/mol. The fourth-order valence-electron chi connectivity index (χ4n) is 2.30. The minimum atomic E-state index is -1.13. The number of barbiturate groups is 1. The molecule has 0 saturated carbocycles. The topological polar surface area (TPSA) is 91.7 Å². The molecule has 1 aliphatic heterocycles. The minimum absolute atomic E-state index is 0.318. The van der Waals surface area contributed by atoms with Crippen LogP contribution in [0.1, 0.15) is 5.56 Å². The van der Waals surface area contributed by atoms with E-state index in [0.29, 0.717) is 12.2 Å². The number of rotatable bonds is 4. The first kappa shape index (κ1) is 15.5. The molecular weight excluding hydrogens is 308 g/mol. The Labute approximate surface area is 138 Å². The van der Waals surface area contributed by atoms with Gasteiger partial charge < -0.3 is 0 Å². The van der Waals surface area contributed by atoms with Crippen LogP contribution in [0.5, 0.6) is 0 Å². The summed E-state index contributed by atoms with van der Waals surface area (Å²) in [5.41, 5.74) is 1.31. The Bertz CT molecular complexity index is 790. The number of nitrogens with one attached hydrogen (secondary N) is 1. The molecule has 3 rings (SSSR count). The highest BCUT2D eigenvalue weighted by Crippen LogP contribution is 2.19. The number of carbonyl (C=O) groups excluding carboxylic acids is 3. The van der Waals surface area contributed by atoms with Gasteiger partial charge >= 0.3 is 6.03 Å². The van der Waals surface area contributed by atoms with Crippen molar-refractivity contribution in [3.8, 4) is 0 Å². The molecule has 24 heavy (non-hydrogen) atoms. The molecule has 120 valence electrons. The first-order valence-electron chi connectivity index (χ1n) is 7.29. The van der Waals surface area contributed by atoms with Crippen molar-refractivity contribution < 1.29 is 14.4 Å². The average Bonchev–Trinajstić information content (AvgIpc) is 2.59. The number of hydrogen-bond donors (Lipinski definition) is 1. The lowest BCUT2D eigenvalue weighted by atomic mass is 10.1. The third-order valence-corrected chi connectivity index (χ3v) is 3.49. The summed E-state index contributed by atoms with van der Waals surface area (Å²) >= 11 is 0. The van der Waals surface area contributed by atoms with Crippen molar-refractivity contribution in [2.45, 2.75) is 6.54 Å². The number of pyridine rings is 1. The van der Waals surface area contributed by atoms with Crippen LogP contribution in [0.15, 0.2) is 59.9 Å². The molecule has 7 nitrogen and oxygen atoms in total. The molecule has 1 aromatic carbocycles. The Hall–Kier alpha value is -3.35. The summed E-state index contributed by atoms with van der Waals surface area (Å²) in [7, 11) is 0. The van der Waals surface area contributed by atoms with E-state index in [9.17, 15) is 14.4 Å². The van der Waals surface area contributed by atoms with Crippen LogP contribution in [0, 0.1) is 5.92 Å². The fraction of sp³-hybridized carbons (Fsp3) is 0.118. The molecule has 1 saturated heterocycles. The number of anilines is 1. The van der Waals surface area contributed by atoms with E-state index in [-0.39, 0.29) is 0 Å². The first-order chi connectivity index (χ1) is 11.7. The number of aromatic nitrogens is 1. The second kappa shape index (κ2) is 6.82. The number of imide groups is 2. The van der Waals surface area contributed by atoms with Gasteiger partial charge in [0.2, 0.25) is 5.91 Å². The Morgan fingerprint density at radius 2 is 1.79 bits per heavy atom. The van der Waals surface area contributed by atoms with Crippen molar-refractivity contribution in [1.29, 1.82) is 0 Å². The highest BCUT2D eigenvalue weighted by atomic mass is 16.2. The molecule has 2 aromatic rings. The summed E-state index contributed by atoms with van der Waals surface area (Å²) in [5.74, 6) is -2.42. The van der Waals surface area contributed by atoms with Crippen LogP contribution in [0.4, 0.5) is 10.5 Å². The number of aliphatic imine (C=N–C) groups is 1. The lowest BCUT2D eigenvalue weighted by Gasteiger charge is -2.28. The molecule has 7 heteroatoms. The highest BCUT2D eigenvalue weighted by molar-refractivity contribution is 6.32. The zero-order valence-electron chi connectivity index (χ0n) is 12.6. The normalized spacial score (nSPS) is 18.1. The van der Waals surface area contributed by atoms with Crippen molar-refractivity contribution in [1.82, 2.24) is 10.3 Å². The smallest absolute Gasteiger partial charge is 0.291 e. The molecule has 0 aliphatic carbocycles. The van der Waals surface area contributed by atoms with E-state index in [1.165, 1.54) is 6.21 Å². The van der Waals surface area contributed by atoms with Gasteiger partial charge in [0.15, 0.2) is 5.92 Å². The molecule has 1 aromatic heterocycles. The van der Waals surface area contributed by atoms with Crippen molar-refractivity contribution in [3.63, 3.8) is 0 Å². The summed E-state index contributed by atoms with van der Waals surface area (Å²) in [6.45, 7) is 0.318. The quantitative estimate of drug-likeness (QED) is 0.683. The summed E-state index contributed by atoms with van der Waals surface area (Å²) in [6, 6.07) is 11.3. The Morgan fingerprint density at radius 1 is 1.08 bits per heavy atom. The molecule has 1 aliphatic rings. The molecule has 1 fully saturated rings. The number of nitrogens with zero attached hydrogens (tertiary/aromatic N) is 3. The molecule has 0 bridgehead atoms. The Balaban J connectivity index is 1.78. The largest absolute Gasteiger partial charge is 0.335 e. The maximum Gasteiger partial charge on any atom is 0.335 e. The standard InChI is InChI=1S/C17H14N4O3/c22-15-14(11-19-10-12-6-8-18-9-7-12)16(23)21(17(24)20-15)13-4-2-1-3-5-13/h1-9,11,14H,10H2,(H,20,22,24). The number of urea groups is 1. The van der Waals surface area contributed by atoms with Crippen molar-refractivity contribution in [2.75, 3.05) is 4.90 Å². The predicted molar refractivity (Wildman–Crippen MR) is 87.4 cm³/mol. The summed E-state index contributed by atoms with van der Waals surface area (Å²) < 4.78 is 0. The van der Waals surface area contributed by atoms with Crippen LogP contribution in [0.25, 0.3) is 0 Å². The van der Waals surface area contributed by atoms with E-state index >= 15 is 0 Å². The van der Waals surface area contributed by atoms with E-state index < -0.39 is 23.8 Å². The molecule has 4 amide bonds. The van der Waals surface area contributed by atoms with E-state index in [2.05, 4.69) is 15.3 Å². The van der Waals surface area contributed by atoms with Crippen molar-refractivity contribution >= 4 is 29.7 Å². The minimum Gasteiger partial charge on any atom is -0.291 e. The van der Waals surface area contributed by atoms with Gasteiger partial charge in [0.25, 0.3) is 5.91 Å². The Morgan fingerprint density at radius 3 is 2.50 bits per heavy atom. The van der Waals surface area contributed by atoms with Crippen LogP contribution in [-0.4, -0.2) is 29.0 Å². The van der Waals surface area contributed by atoms with Crippen molar-refractivity contribution in [2.24, 2.45) is 10.9 Å². The van der Waals surface area contributed by atoms with Crippen LogP contribution < -0.4 is 10.2 Å². The van der Waals surface area contributed by atoms with Gasteiger partial charge in [0, 0.05) is 18.6 Å². The molecule has 1 N–H and O–H groups in total. The van der Waals surface area contributed by atoms with Crippen LogP contribution in [0.2, 0.25) is 0 Å². The van der Waals surface area contributed by atoms with Gasteiger partial charge in [0.05, 0.1) is 12.2 Å². The number of amides is 4. The molecule has 2 heterocycles. The summed E-state index contributed by atoms with van der Waals surface area (Å²) in [4.78, 5) is 45.5. The predicted octanol–water partition coefficient (Wildman–Crippen LogP) is 1.55. The average molecular weight is 322 g/mol. The van der Waals surface area contributed by atoms with Crippen molar-refractivity contribution in [3.05, 3.63) is 60.4 Å². The van der Waals surface area contributed by atoms with E-state index in [4.69, 9.17) is 0 Å². The highest BCUT2D eigenvalue weighted by Gasteiger charge is 2.40. The van der Waals surface area contributed by atoms with Gasteiger partial charge in [-0.15, -0.1) is 0 Å². The van der Waals surface area contributed by atoms with Crippen LogP contribution in [0.3, 0.4) is 0 Å². The SMILES string of the molecule is O=C1NC(=O)N(c2ccccc2)C(=O)C1C=NCc1ccncc1. The van der Waals surface area contributed by atoms with Gasteiger partial charge in [-0.3, -0.25) is 24.9 Å². The van der Waals surface area contributed by atoms with Gasteiger partial charge in [-0.2, -0.15) is 0 Å². The number of benzene rings is 1. The van der Waals surface area contributed by atoms with E-state index in [0.717, 1.165) is 10.5 Å². The maximum atomic E-state index is 12.5. The van der Waals surface area contributed by atoms with Gasteiger partial charge in [0.1, 0.15) is 0 Å². The third-order valence-electron chi connectivity index (χ3n) is 3.49. The first-order valence-corrected chi connectivity index (χ1v) is 7.29. The second-order valence-corrected chi connectivity index (χ2v) is 5.13. The third kappa shape index (κ3) is 3.19. The molecule has 1 atom stereocenters. The second-order valence-electron chi connectivity index (χ2n) is 5.13. The zero-order valence-corrected chi connectivity index (χ0v) is 12.6. The van der Waals surface area contributed by atoms with Gasteiger partial charge in [-0.05, 0) is 29.8 Å². The molecular formula is C17H14N4O3. The van der Waals surface area contributed by atoms with Crippen LogP contribution in [-0.2, 0) is 16.1 Å². The summed E-state index contributed by atoms with van der Waals surface area (Å²) in [6.07, 6.45) is 4.55. The molecule has 1 unspecified atom stereocenters. The zero-order chi connectivity index (χ0) is 16.9. The summed E-state index contributed by atoms with van der Waals surface area (Å²) in [5, 5.41) is 2.18. The Kier molecular flexibility index (Phi) is 4.42.